The first-order valence-corrected chi connectivity index (χ1v) is 7.22. The van der Waals surface area contributed by atoms with Gasteiger partial charge in [-0.2, -0.15) is 13.2 Å². The van der Waals surface area contributed by atoms with Crippen molar-refractivity contribution in [3.05, 3.63) is 0 Å². The molecule has 0 aliphatic heterocycles. The van der Waals surface area contributed by atoms with E-state index in [-0.39, 0.29) is 18.7 Å². The SMILES string of the molecule is NS(=O)(=O)CCNC1CCCCC1C(F)(F)F. The molecule has 0 heterocycles. The average Bonchev–Trinajstić information content (AvgIpc) is 2.15. The van der Waals surface area contributed by atoms with E-state index in [1.54, 1.807) is 0 Å². The number of sulfonamides is 1. The molecule has 8 heteroatoms. The van der Waals surface area contributed by atoms with Crippen molar-refractivity contribution < 1.29 is 21.6 Å². The fourth-order valence-electron chi connectivity index (χ4n) is 2.15. The van der Waals surface area contributed by atoms with Crippen LogP contribution in [0.4, 0.5) is 13.2 Å². The van der Waals surface area contributed by atoms with E-state index in [0.29, 0.717) is 12.8 Å². The Labute approximate surface area is 98.8 Å². The van der Waals surface area contributed by atoms with Crippen LogP contribution in [0.1, 0.15) is 25.7 Å². The fraction of sp³-hybridized carbons (Fsp3) is 1.00. The van der Waals surface area contributed by atoms with Gasteiger partial charge in [0.05, 0.1) is 11.7 Å². The third kappa shape index (κ3) is 5.22. The molecule has 1 rings (SSSR count). The maximum absolute atomic E-state index is 12.7. The lowest BCUT2D eigenvalue weighted by Crippen LogP contribution is -2.46. The maximum atomic E-state index is 12.7. The summed E-state index contributed by atoms with van der Waals surface area (Å²) in [5, 5.41) is 7.44. The summed E-state index contributed by atoms with van der Waals surface area (Å²) in [6.45, 7) is -0.0317. The number of alkyl halides is 3. The monoisotopic (exact) mass is 274 g/mol. The Hall–Kier alpha value is -0.340. The van der Waals surface area contributed by atoms with Gasteiger partial charge in [0.25, 0.3) is 0 Å². The molecule has 0 radical (unpaired) electrons. The van der Waals surface area contributed by atoms with Gasteiger partial charge in [-0.3, -0.25) is 0 Å². The second-order valence-corrected chi connectivity index (χ2v) is 6.09. The molecular weight excluding hydrogens is 257 g/mol. The van der Waals surface area contributed by atoms with Crippen molar-refractivity contribution in [2.24, 2.45) is 11.1 Å². The Morgan fingerprint density at radius 1 is 1.24 bits per heavy atom. The molecule has 0 saturated heterocycles. The van der Waals surface area contributed by atoms with E-state index >= 15 is 0 Å². The van der Waals surface area contributed by atoms with Crippen LogP contribution >= 0.6 is 0 Å². The number of nitrogens with two attached hydrogens (primary N) is 1. The molecule has 2 unspecified atom stereocenters. The average molecular weight is 274 g/mol. The third-order valence-electron chi connectivity index (χ3n) is 2.98. The minimum Gasteiger partial charge on any atom is -0.312 e. The molecule has 4 nitrogen and oxygen atoms in total. The minimum atomic E-state index is -4.22. The van der Waals surface area contributed by atoms with Crippen LogP contribution < -0.4 is 10.5 Å². The van der Waals surface area contributed by atoms with Crippen molar-refractivity contribution in [1.82, 2.24) is 5.32 Å². The lowest BCUT2D eigenvalue weighted by Gasteiger charge is -2.33. The highest BCUT2D eigenvalue weighted by Gasteiger charge is 2.45. The largest absolute Gasteiger partial charge is 0.393 e. The molecule has 0 aromatic carbocycles. The molecule has 102 valence electrons. The minimum absolute atomic E-state index is 0.0317. The summed E-state index contributed by atoms with van der Waals surface area (Å²) in [7, 11) is -3.62. The number of nitrogens with one attached hydrogen (secondary N) is 1. The molecule has 0 spiro atoms. The van der Waals surface area contributed by atoms with Gasteiger partial charge in [-0.05, 0) is 12.8 Å². The van der Waals surface area contributed by atoms with Gasteiger partial charge in [-0.25, -0.2) is 13.6 Å². The first kappa shape index (κ1) is 14.7. The van der Waals surface area contributed by atoms with Crippen molar-refractivity contribution in [3.63, 3.8) is 0 Å². The molecule has 2 atom stereocenters. The highest BCUT2D eigenvalue weighted by molar-refractivity contribution is 7.89. The molecule has 3 N–H and O–H groups in total. The number of primary sulfonamides is 1. The summed E-state index contributed by atoms with van der Waals surface area (Å²) < 4.78 is 59.3. The van der Waals surface area contributed by atoms with Crippen molar-refractivity contribution in [2.75, 3.05) is 12.3 Å². The molecule has 1 aliphatic rings. The zero-order chi connectivity index (χ0) is 13.1. The van der Waals surface area contributed by atoms with Gasteiger partial charge in [0.2, 0.25) is 10.0 Å². The standard InChI is InChI=1S/C9H17F3N2O2S/c10-9(11,12)7-3-1-2-4-8(7)14-5-6-17(13,15)16/h7-8,14H,1-6H2,(H2,13,15,16). The highest BCUT2D eigenvalue weighted by atomic mass is 32.2. The van der Waals surface area contributed by atoms with Gasteiger partial charge >= 0.3 is 6.18 Å². The summed E-state index contributed by atoms with van der Waals surface area (Å²) in [6, 6.07) is -0.689. The molecule has 0 bridgehead atoms. The Morgan fingerprint density at radius 2 is 1.82 bits per heavy atom. The number of hydrogen-bond acceptors (Lipinski definition) is 3. The second-order valence-electron chi connectivity index (χ2n) is 4.36. The highest BCUT2D eigenvalue weighted by Crippen LogP contribution is 2.37. The van der Waals surface area contributed by atoms with Crippen molar-refractivity contribution in [3.8, 4) is 0 Å². The molecule has 1 aliphatic carbocycles. The summed E-state index contributed by atoms with van der Waals surface area (Å²) in [6.07, 6.45) is -2.39. The van der Waals surface area contributed by atoms with E-state index in [9.17, 15) is 21.6 Å². The van der Waals surface area contributed by atoms with E-state index in [1.807, 2.05) is 0 Å². The van der Waals surface area contributed by atoms with Crippen LogP contribution in [0.2, 0.25) is 0 Å². The molecule has 1 fully saturated rings. The molecule has 0 aromatic rings. The van der Waals surface area contributed by atoms with Gasteiger partial charge in [-0.15, -0.1) is 0 Å². The van der Waals surface area contributed by atoms with Crippen LogP contribution in [0.15, 0.2) is 0 Å². The molecule has 1 saturated carbocycles. The number of halogens is 3. The summed E-state index contributed by atoms with van der Waals surface area (Å²) >= 11 is 0. The molecule has 0 amide bonds. The van der Waals surface area contributed by atoms with E-state index in [1.165, 1.54) is 0 Å². The Balaban J connectivity index is 2.49. The lowest BCUT2D eigenvalue weighted by molar-refractivity contribution is -0.188. The fourth-order valence-corrected chi connectivity index (χ4v) is 2.56. The van der Waals surface area contributed by atoms with Gasteiger partial charge in [0, 0.05) is 12.6 Å². The number of hydrogen-bond donors (Lipinski definition) is 2. The smallest absolute Gasteiger partial charge is 0.312 e. The third-order valence-corrected chi connectivity index (χ3v) is 3.75. The summed E-state index contributed by atoms with van der Waals surface area (Å²) in [4.78, 5) is 0. The van der Waals surface area contributed by atoms with Gasteiger partial charge < -0.3 is 5.32 Å². The zero-order valence-electron chi connectivity index (χ0n) is 9.33. The van der Waals surface area contributed by atoms with Crippen LogP contribution in [-0.2, 0) is 10.0 Å². The predicted molar refractivity (Wildman–Crippen MR) is 57.8 cm³/mol. The van der Waals surface area contributed by atoms with Gasteiger partial charge in [0.1, 0.15) is 0 Å². The van der Waals surface area contributed by atoms with Gasteiger partial charge in [-0.1, -0.05) is 12.8 Å². The lowest BCUT2D eigenvalue weighted by atomic mass is 9.84. The van der Waals surface area contributed by atoms with E-state index < -0.39 is 28.2 Å². The van der Waals surface area contributed by atoms with Crippen molar-refractivity contribution in [1.29, 1.82) is 0 Å². The first-order chi connectivity index (χ1) is 7.70. The Morgan fingerprint density at radius 3 is 2.35 bits per heavy atom. The van der Waals surface area contributed by atoms with Gasteiger partial charge in [0.15, 0.2) is 0 Å². The van der Waals surface area contributed by atoms with Crippen LogP contribution in [0.25, 0.3) is 0 Å². The Kier molecular flexibility index (Phi) is 4.79. The summed E-state index contributed by atoms with van der Waals surface area (Å²) in [5.41, 5.74) is 0. The van der Waals surface area contributed by atoms with E-state index in [2.05, 4.69) is 5.32 Å². The van der Waals surface area contributed by atoms with Crippen molar-refractivity contribution >= 4 is 10.0 Å². The topological polar surface area (TPSA) is 72.2 Å². The second kappa shape index (κ2) is 5.53. The first-order valence-electron chi connectivity index (χ1n) is 5.51. The normalized spacial score (nSPS) is 27.1. The van der Waals surface area contributed by atoms with Crippen LogP contribution in [0.5, 0.6) is 0 Å². The summed E-state index contributed by atoms with van der Waals surface area (Å²) in [5.74, 6) is -1.72. The van der Waals surface area contributed by atoms with Crippen molar-refractivity contribution in [2.45, 2.75) is 37.9 Å². The van der Waals surface area contributed by atoms with Crippen LogP contribution in [-0.4, -0.2) is 32.9 Å². The predicted octanol–water partition coefficient (Wildman–Crippen LogP) is 0.986. The Bertz CT molecular complexity index is 343. The van der Waals surface area contributed by atoms with E-state index in [4.69, 9.17) is 5.14 Å². The van der Waals surface area contributed by atoms with Crippen LogP contribution in [0, 0.1) is 5.92 Å². The number of rotatable bonds is 4. The molecular formula is C9H17F3N2O2S. The quantitative estimate of drug-likeness (QED) is 0.803. The molecule has 17 heavy (non-hydrogen) atoms. The maximum Gasteiger partial charge on any atom is 0.393 e. The van der Waals surface area contributed by atoms with E-state index in [0.717, 1.165) is 6.42 Å². The molecule has 0 aromatic heterocycles. The zero-order valence-corrected chi connectivity index (χ0v) is 10.1. The van der Waals surface area contributed by atoms with Crippen LogP contribution in [0.3, 0.4) is 0 Å².